The third-order valence-corrected chi connectivity index (χ3v) is 6.42. The van der Waals surface area contributed by atoms with Gasteiger partial charge in [0.05, 0.1) is 20.3 Å². The molecule has 26 heavy (non-hydrogen) atoms. The number of pyridine rings is 1. The molecule has 1 N–H and O–H groups in total. The molecule has 0 amide bonds. The number of piperidine rings is 3. The van der Waals surface area contributed by atoms with Crippen LogP contribution in [0.15, 0.2) is 24.4 Å². The minimum Gasteiger partial charge on any atom is -0.497 e. The number of hydrogen-bond acceptors (Lipinski definition) is 5. The maximum Gasteiger partial charge on any atom is 0.148 e. The molecule has 4 heterocycles. The summed E-state index contributed by atoms with van der Waals surface area (Å²) in [4.78, 5) is 6.97. The Hall–Kier alpha value is -1.85. The minimum absolute atomic E-state index is 0.180. The Morgan fingerprint density at radius 3 is 2.81 bits per heavy atom. The monoisotopic (exact) mass is 356 g/mol. The zero-order chi connectivity index (χ0) is 18.3. The summed E-state index contributed by atoms with van der Waals surface area (Å²) < 4.78 is 10.9. The number of aliphatic hydroxyl groups excluding tert-OH is 1. The smallest absolute Gasteiger partial charge is 0.148 e. The Kier molecular flexibility index (Phi) is 4.76. The normalized spacial score (nSPS) is 28.9. The molecular formula is C21H28N2O3. The lowest BCUT2D eigenvalue weighted by Crippen LogP contribution is -2.55. The van der Waals surface area contributed by atoms with E-state index in [2.05, 4.69) is 16.8 Å². The fourth-order valence-electron chi connectivity index (χ4n) is 4.93. The highest BCUT2D eigenvalue weighted by Crippen LogP contribution is 2.43. The van der Waals surface area contributed by atoms with Crippen LogP contribution in [0.1, 0.15) is 37.9 Å². The molecule has 3 fully saturated rings. The molecular weight excluding hydrogens is 328 g/mol. The van der Waals surface area contributed by atoms with Gasteiger partial charge >= 0.3 is 0 Å². The molecule has 0 spiro atoms. The number of benzene rings is 1. The molecule has 2 aromatic rings. The van der Waals surface area contributed by atoms with Crippen molar-refractivity contribution >= 4 is 10.9 Å². The van der Waals surface area contributed by atoms with Crippen LogP contribution in [0.25, 0.3) is 10.9 Å². The topological polar surface area (TPSA) is 54.8 Å². The first-order valence-corrected chi connectivity index (χ1v) is 9.59. The van der Waals surface area contributed by atoms with Crippen LogP contribution in [0.4, 0.5) is 0 Å². The fourth-order valence-corrected chi connectivity index (χ4v) is 4.93. The largest absolute Gasteiger partial charge is 0.497 e. The van der Waals surface area contributed by atoms with Gasteiger partial charge in [-0.1, -0.05) is 13.3 Å². The van der Waals surface area contributed by atoms with Gasteiger partial charge in [0.1, 0.15) is 17.0 Å². The lowest BCUT2D eigenvalue weighted by atomic mass is 9.72. The summed E-state index contributed by atoms with van der Waals surface area (Å²) in [5, 5.41) is 12.2. The second-order valence-corrected chi connectivity index (χ2v) is 7.59. The summed E-state index contributed by atoms with van der Waals surface area (Å²) in [6.45, 7) is 4.49. The van der Waals surface area contributed by atoms with Gasteiger partial charge in [-0.05, 0) is 48.9 Å². The van der Waals surface area contributed by atoms with Crippen LogP contribution < -0.4 is 9.47 Å². The maximum absolute atomic E-state index is 11.3. The number of aliphatic hydroxyl groups is 1. The molecule has 0 aliphatic carbocycles. The Morgan fingerprint density at radius 2 is 2.15 bits per heavy atom. The standard InChI is InChI=1S/C21H28N2O3/c1-4-13-12-23-8-6-14(13)9-18(23)21(24)16-5-7-22-20-17(16)10-15(25-2)11-19(20)26-3/h5,7,10-11,13-14,18,21,24H,4,6,8-9,12H2,1-3H3/t13-,14-,18-,21+/m0/s1. The van der Waals surface area contributed by atoms with E-state index >= 15 is 0 Å². The van der Waals surface area contributed by atoms with E-state index in [0.717, 1.165) is 47.8 Å². The number of nitrogens with zero attached hydrogens (tertiary/aromatic N) is 2. The number of fused-ring (bicyclic) bond motifs is 4. The molecule has 5 heteroatoms. The summed E-state index contributed by atoms with van der Waals surface area (Å²) in [6, 6.07) is 5.91. The van der Waals surface area contributed by atoms with Crippen molar-refractivity contribution in [2.45, 2.75) is 38.3 Å². The lowest BCUT2D eigenvalue weighted by Gasteiger charge is -2.51. The number of methoxy groups -OCH3 is 2. The predicted octanol–water partition coefficient (Wildman–Crippen LogP) is 3.41. The zero-order valence-corrected chi connectivity index (χ0v) is 15.8. The molecule has 5 atom stereocenters. The van der Waals surface area contributed by atoms with Gasteiger partial charge in [0.2, 0.25) is 0 Å². The Balaban J connectivity index is 1.72. The molecule has 2 bridgehead atoms. The van der Waals surface area contributed by atoms with Crippen molar-refractivity contribution < 1.29 is 14.6 Å². The SMILES string of the molecule is CC[C@H]1CN2CC[C@H]1C[C@H]2[C@H](O)c1ccnc2c(OC)cc(OC)cc12. The van der Waals surface area contributed by atoms with Gasteiger partial charge in [0, 0.05) is 30.2 Å². The van der Waals surface area contributed by atoms with Crippen LogP contribution in [0, 0.1) is 11.8 Å². The molecule has 0 saturated carbocycles. The highest BCUT2D eigenvalue weighted by atomic mass is 16.5. The average Bonchev–Trinajstić information content (AvgIpc) is 2.71. The van der Waals surface area contributed by atoms with Crippen molar-refractivity contribution in [2.24, 2.45) is 11.8 Å². The second kappa shape index (κ2) is 7.05. The highest BCUT2D eigenvalue weighted by Gasteiger charge is 2.42. The predicted molar refractivity (Wildman–Crippen MR) is 102 cm³/mol. The number of rotatable bonds is 5. The summed E-state index contributed by atoms with van der Waals surface area (Å²) in [5.74, 6) is 2.90. The molecule has 140 valence electrons. The summed E-state index contributed by atoms with van der Waals surface area (Å²) in [7, 11) is 3.28. The molecule has 3 aliphatic heterocycles. The van der Waals surface area contributed by atoms with Crippen molar-refractivity contribution in [1.29, 1.82) is 0 Å². The van der Waals surface area contributed by atoms with Crippen molar-refractivity contribution in [3.05, 3.63) is 30.0 Å². The van der Waals surface area contributed by atoms with Crippen LogP contribution in [-0.4, -0.2) is 48.3 Å². The quantitative estimate of drug-likeness (QED) is 0.890. The van der Waals surface area contributed by atoms with E-state index in [4.69, 9.17) is 9.47 Å². The van der Waals surface area contributed by atoms with Crippen LogP contribution in [-0.2, 0) is 0 Å². The first kappa shape index (κ1) is 17.6. The number of hydrogen-bond donors (Lipinski definition) is 1. The van der Waals surface area contributed by atoms with Crippen LogP contribution in [0.5, 0.6) is 11.5 Å². The molecule has 1 aromatic heterocycles. The minimum atomic E-state index is -0.530. The summed E-state index contributed by atoms with van der Waals surface area (Å²) >= 11 is 0. The van der Waals surface area contributed by atoms with Gasteiger partial charge in [-0.15, -0.1) is 0 Å². The molecule has 1 aromatic carbocycles. The van der Waals surface area contributed by atoms with E-state index in [1.54, 1.807) is 20.4 Å². The average molecular weight is 356 g/mol. The van der Waals surface area contributed by atoms with Crippen LogP contribution in [0.2, 0.25) is 0 Å². The zero-order valence-electron chi connectivity index (χ0n) is 15.8. The fraction of sp³-hybridized carbons (Fsp3) is 0.571. The van der Waals surface area contributed by atoms with Crippen molar-refractivity contribution in [3.8, 4) is 11.5 Å². The second-order valence-electron chi connectivity index (χ2n) is 7.59. The van der Waals surface area contributed by atoms with Crippen LogP contribution in [0.3, 0.4) is 0 Å². The molecule has 3 saturated heterocycles. The van der Waals surface area contributed by atoms with E-state index in [0.29, 0.717) is 11.5 Å². The van der Waals surface area contributed by atoms with E-state index in [-0.39, 0.29) is 6.04 Å². The Labute approximate surface area is 154 Å². The molecule has 1 unspecified atom stereocenters. The highest BCUT2D eigenvalue weighted by molar-refractivity contribution is 5.89. The first-order valence-electron chi connectivity index (χ1n) is 9.59. The Morgan fingerprint density at radius 1 is 1.31 bits per heavy atom. The molecule has 3 aliphatic rings. The number of aromatic nitrogens is 1. The Bertz CT molecular complexity index is 794. The summed E-state index contributed by atoms with van der Waals surface area (Å²) in [5.41, 5.74) is 1.69. The van der Waals surface area contributed by atoms with Gasteiger partial charge in [0.25, 0.3) is 0 Å². The van der Waals surface area contributed by atoms with E-state index in [9.17, 15) is 5.11 Å². The summed E-state index contributed by atoms with van der Waals surface area (Å²) in [6.07, 6.45) is 4.81. The van der Waals surface area contributed by atoms with Gasteiger partial charge in [-0.2, -0.15) is 0 Å². The number of ether oxygens (including phenoxy) is 2. The van der Waals surface area contributed by atoms with Crippen molar-refractivity contribution in [1.82, 2.24) is 9.88 Å². The molecule has 0 radical (unpaired) electrons. The van der Waals surface area contributed by atoms with Crippen molar-refractivity contribution in [3.63, 3.8) is 0 Å². The van der Waals surface area contributed by atoms with Gasteiger partial charge in [-0.25, -0.2) is 0 Å². The third kappa shape index (κ3) is 2.83. The third-order valence-electron chi connectivity index (χ3n) is 6.42. The first-order chi connectivity index (χ1) is 12.7. The van der Waals surface area contributed by atoms with E-state index in [1.165, 1.54) is 12.8 Å². The molecule has 5 rings (SSSR count). The van der Waals surface area contributed by atoms with Crippen molar-refractivity contribution in [2.75, 3.05) is 27.3 Å². The van der Waals surface area contributed by atoms with Gasteiger partial charge in [-0.3, -0.25) is 9.88 Å². The van der Waals surface area contributed by atoms with Gasteiger partial charge in [0.15, 0.2) is 0 Å². The lowest BCUT2D eigenvalue weighted by molar-refractivity contribution is -0.0562. The van der Waals surface area contributed by atoms with E-state index < -0.39 is 6.10 Å². The molecule has 5 nitrogen and oxygen atoms in total. The van der Waals surface area contributed by atoms with Crippen LogP contribution >= 0.6 is 0 Å². The maximum atomic E-state index is 11.3. The van der Waals surface area contributed by atoms with E-state index in [1.807, 2.05) is 18.2 Å². The van der Waals surface area contributed by atoms with Gasteiger partial charge < -0.3 is 14.6 Å².